The fraction of sp³-hybridized carbons (Fsp3) is 0.933. The van der Waals surface area contributed by atoms with Crippen molar-refractivity contribution in [1.82, 2.24) is 10.6 Å². The van der Waals surface area contributed by atoms with Crippen LogP contribution in [-0.4, -0.2) is 30.7 Å². The van der Waals surface area contributed by atoms with E-state index in [0.717, 1.165) is 32.2 Å². The number of hydrogen-bond acceptors (Lipinski definition) is 2. The predicted octanol–water partition coefficient (Wildman–Crippen LogP) is 2.61. The van der Waals surface area contributed by atoms with Crippen LogP contribution in [0.15, 0.2) is 0 Å². The number of hydrogen-bond donors (Lipinski definition) is 2. The van der Waals surface area contributed by atoms with Gasteiger partial charge < -0.3 is 10.6 Å². The first-order chi connectivity index (χ1) is 9.97. The van der Waals surface area contributed by atoms with Crippen LogP contribution in [0.3, 0.4) is 0 Å². The summed E-state index contributed by atoms with van der Waals surface area (Å²) in [5.74, 6) is -0.745. The Morgan fingerprint density at radius 3 is 2.57 bits per heavy atom. The molecule has 0 radical (unpaired) electrons. The average molecular weight is 304 g/mol. The fourth-order valence-electron chi connectivity index (χ4n) is 4.44. The van der Waals surface area contributed by atoms with E-state index in [0.29, 0.717) is 24.7 Å². The summed E-state index contributed by atoms with van der Waals surface area (Å²) in [6.07, 6.45) is 1.02. The van der Waals surface area contributed by atoms with Gasteiger partial charge in [0.1, 0.15) is 0 Å². The number of rotatable bonds is 2. The van der Waals surface area contributed by atoms with Gasteiger partial charge >= 0.3 is 6.18 Å². The number of halogens is 3. The van der Waals surface area contributed by atoms with Gasteiger partial charge in [0.05, 0.1) is 12.0 Å². The van der Waals surface area contributed by atoms with Crippen molar-refractivity contribution in [3.8, 4) is 0 Å². The molecule has 21 heavy (non-hydrogen) atoms. The molecule has 1 amide bonds. The second-order valence-electron chi connectivity index (χ2n) is 6.79. The Morgan fingerprint density at radius 1 is 1.05 bits per heavy atom. The normalized spacial score (nSPS) is 40.0. The molecular weight excluding hydrogens is 281 g/mol. The summed E-state index contributed by atoms with van der Waals surface area (Å²) < 4.78 is 39.2. The molecule has 1 heterocycles. The highest BCUT2D eigenvalue weighted by Gasteiger charge is 2.48. The molecule has 5 atom stereocenters. The maximum Gasteiger partial charge on any atom is 0.393 e. The lowest BCUT2D eigenvalue weighted by Gasteiger charge is -2.34. The monoisotopic (exact) mass is 304 g/mol. The Morgan fingerprint density at radius 2 is 1.81 bits per heavy atom. The molecule has 0 bridgehead atoms. The quantitative estimate of drug-likeness (QED) is 0.823. The average Bonchev–Trinajstić information content (AvgIpc) is 2.99. The van der Waals surface area contributed by atoms with E-state index in [9.17, 15) is 18.0 Å². The highest BCUT2D eigenvalue weighted by atomic mass is 19.4. The van der Waals surface area contributed by atoms with Gasteiger partial charge in [0.25, 0.3) is 0 Å². The van der Waals surface area contributed by atoms with Gasteiger partial charge in [0, 0.05) is 6.04 Å². The van der Waals surface area contributed by atoms with E-state index in [1.165, 1.54) is 0 Å². The molecule has 1 aliphatic heterocycles. The predicted molar refractivity (Wildman–Crippen MR) is 72.6 cm³/mol. The lowest BCUT2D eigenvalue weighted by atomic mass is 9.83. The van der Waals surface area contributed by atoms with Gasteiger partial charge in [0.15, 0.2) is 0 Å². The van der Waals surface area contributed by atoms with E-state index in [4.69, 9.17) is 0 Å². The summed E-state index contributed by atoms with van der Waals surface area (Å²) in [5, 5.41) is 5.92. The second kappa shape index (κ2) is 5.78. The maximum absolute atomic E-state index is 13.1. The Balaban J connectivity index is 1.63. The zero-order valence-corrected chi connectivity index (χ0v) is 12.1. The van der Waals surface area contributed by atoms with Crippen molar-refractivity contribution in [2.24, 2.45) is 17.8 Å². The molecule has 0 aromatic carbocycles. The molecule has 2 saturated carbocycles. The van der Waals surface area contributed by atoms with Crippen molar-refractivity contribution < 1.29 is 18.0 Å². The van der Waals surface area contributed by atoms with Crippen LogP contribution in [0.1, 0.15) is 44.9 Å². The van der Waals surface area contributed by atoms with E-state index >= 15 is 0 Å². The third kappa shape index (κ3) is 3.05. The topological polar surface area (TPSA) is 41.1 Å². The zero-order chi connectivity index (χ0) is 15.0. The molecule has 3 fully saturated rings. The highest BCUT2D eigenvalue weighted by molar-refractivity contribution is 5.83. The second-order valence-corrected chi connectivity index (χ2v) is 6.79. The molecule has 0 spiro atoms. The fourth-order valence-corrected chi connectivity index (χ4v) is 4.44. The summed E-state index contributed by atoms with van der Waals surface area (Å²) >= 11 is 0. The van der Waals surface area contributed by atoms with Gasteiger partial charge in [-0.3, -0.25) is 4.79 Å². The van der Waals surface area contributed by atoms with Gasteiger partial charge in [-0.05, 0) is 44.1 Å². The Kier molecular flexibility index (Phi) is 4.17. The molecule has 1 saturated heterocycles. The van der Waals surface area contributed by atoms with E-state index in [2.05, 4.69) is 10.6 Å². The smallest absolute Gasteiger partial charge is 0.351 e. The highest BCUT2D eigenvalue weighted by Crippen LogP contribution is 2.39. The standard InChI is InChI=1S/C15H23F3N2O/c16-15(17,18)11-6-1-2-7-12(11)20-14(21)13-10-5-3-4-9(10)8-19-13/h9-13,19H,1-8H2,(H,20,21). The number of nitrogens with one attached hydrogen (secondary N) is 2. The lowest BCUT2D eigenvalue weighted by molar-refractivity contribution is -0.189. The molecule has 3 rings (SSSR count). The summed E-state index contributed by atoms with van der Waals surface area (Å²) in [6.45, 7) is 0.829. The summed E-state index contributed by atoms with van der Waals surface area (Å²) in [4.78, 5) is 12.4. The molecule has 0 aromatic heterocycles. The third-order valence-electron chi connectivity index (χ3n) is 5.54. The van der Waals surface area contributed by atoms with Crippen LogP contribution in [0.5, 0.6) is 0 Å². The molecule has 120 valence electrons. The number of carbonyl (C=O) groups is 1. The SMILES string of the molecule is O=C(NC1CCCCC1C(F)(F)F)C1NCC2CCCC21. The van der Waals surface area contributed by atoms with Crippen LogP contribution >= 0.6 is 0 Å². The first-order valence-corrected chi connectivity index (χ1v) is 8.07. The maximum atomic E-state index is 13.1. The molecule has 2 N–H and O–H groups in total. The minimum absolute atomic E-state index is 0.137. The molecule has 0 aromatic rings. The van der Waals surface area contributed by atoms with Crippen molar-refractivity contribution in [2.45, 2.75) is 63.2 Å². The molecule has 2 aliphatic carbocycles. The van der Waals surface area contributed by atoms with Crippen molar-refractivity contribution >= 4 is 5.91 Å². The van der Waals surface area contributed by atoms with Gasteiger partial charge in [-0.25, -0.2) is 0 Å². The van der Waals surface area contributed by atoms with Crippen molar-refractivity contribution in [2.75, 3.05) is 6.54 Å². The number of fused-ring (bicyclic) bond motifs is 1. The van der Waals surface area contributed by atoms with Crippen molar-refractivity contribution in [1.29, 1.82) is 0 Å². The van der Waals surface area contributed by atoms with E-state index in [1.807, 2.05) is 0 Å². The van der Waals surface area contributed by atoms with Crippen LogP contribution in [0.25, 0.3) is 0 Å². The number of carbonyl (C=O) groups excluding carboxylic acids is 1. The van der Waals surface area contributed by atoms with Gasteiger partial charge in [-0.2, -0.15) is 13.2 Å². The number of amides is 1. The minimum atomic E-state index is -4.21. The molecule has 5 unspecified atom stereocenters. The Labute approximate surface area is 123 Å². The Hall–Kier alpha value is -0.780. The Bertz CT molecular complexity index is 399. The van der Waals surface area contributed by atoms with E-state index in [-0.39, 0.29) is 18.4 Å². The summed E-state index contributed by atoms with van der Waals surface area (Å²) in [5.41, 5.74) is 0. The minimum Gasteiger partial charge on any atom is -0.351 e. The van der Waals surface area contributed by atoms with Gasteiger partial charge in [-0.1, -0.05) is 19.3 Å². The molecule has 3 aliphatic rings. The van der Waals surface area contributed by atoms with Crippen LogP contribution in [-0.2, 0) is 4.79 Å². The van der Waals surface area contributed by atoms with Crippen molar-refractivity contribution in [3.63, 3.8) is 0 Å². The molecular formula is C15H23F3N2O. The number of alkyl halides is 3. The van der Waals surface area contributed by atoms with Gasteiger partial charge in [0.2, 0.25) is 5.91 Å². The van der Waals surface area contributed by atoms with Crippen LogP contribution < -0.4 is 10.6 Å². The summed E-state index contributed by atoms with van der Waals surface area (Å²) in [7, 11) is 0. The van der Waals surface area contributed by atoms with Crippen LogP contribution in [0, 0.1) is 17.8 Å². The third-order valence-corrected chi connectivity index (χ3v) is 5.54. The van der Waals surface area contributed by atoms with E-state index < -0.39 is 18.1 Å². The largest absolute Gasteiger partial charge is 0.393 e. The zero-order valence-electron chi connectivity index (χ0n) is 12.1. The summed E-state index contributed by atoms with van der Waals surface area (Å²) in [6, 6.07) is -1.03. The van der Waals surface area contributed by atoms with Crippen molar-refractivity contribution in [3.05, 3.63) is 0 Å². The lowest BCUT2D eigenvalue weighted by Crippen LogP contribution is -2.53. The first kappa shape index (κ1) is 15.1. The van der Waals surface area contributed by atoms with E-state index in [1.54, 1.807) is 0 Å². The first-order valence-electron chi connectivity index (χ1n) is 8.07. The van der Waals surface area contributed by atoms with Crippen LogP contribution in [0.2, 0.25) is 0 Å². The van der Waals surface area contributed by atoms with Crippen LogP contribution in [0.4, 0.5) is 13.2 Å². The molecule has 6 heteroatoms. The molecule has 3 nitrogen and oxygen atoms in total. The van der Waals surface area contributed by atoms with Gasteiger partial charge in [-0.15, -0.1) is 0 Å².